The first kappa shape index (κ1) is 17.9. The van der Waals surface area contributed by atoms with Gasteiger partial charge in [0.1, 0.15) is 0 Å². The summed E-state index contributed by atoms with van der Waals surface area (Å²) in [6.45, 7) is 0.824. The molecule has 28 heavy (non-hydrogen) atoms. The minimum absolute atomic E-state index is 0.0149. The van der Waals surface area contributed by atoms with Crippen molar-refractivity contribution in [2.24, 2.45) is 5.92 Å². The Balaban J connectivity index is 1.58. The summed E-state index contributed by atoms with van der Waals surface area (Å²) in [5.41, 5.74) is 2.60. The van der Waals surface area contributed by atoms with Crippen LogP contribution in [0.2, 0.25) is 0 Å². The standard InChI is InChI=1S/C23H21N3O2/c27-22-14-19(17-25(22)20-9-3-1-4-10-20)23(28)26(21-11-5-2-6-12-21)16-18-8-7-13-24-15-18/h1-13,15,19H,14,16-17H2. The minimum Gasteiger partial charge on any atom is -0.312 e. The smallest absolute Gasteiger partial charge is 0.232 e. The zero-order valence-electron chi connectivity index (χ0n) is 15.4. The lowest BCUT2D eigenvalue weighted by Crippen LogP contribution is -2.37. The second-order valence-electron chi connectivity index (χ2n) is 6.86. The molecule has 2 aromatic carbocycles. The Kier molecular flexibility index (Phi) is 5.15. The number of benzene rings is 2. The van der Waals surface area contributed by atoms with Crippen molar-refractivity contribution in [2.45, 2.75) is 13.0 Å². The van der Waals surface area contributed by atoms with Crippen LogP contribution in [0.25, 0.3) is 0 Å². The summed E-state index contributed by atoms with van der Waals surface area (Å²) in [6, 6.07) is 22.9. The lowest BCUT2D eigenvalue weighted by atomic mass is 10.1. The summed E-state index contributed by atoms with van der Waals surface area (Å²) in [6.07, 6.45) is 3.70. The highest BCUT2D eigenvalue weighted by Crippen LogP contribution is 2.28. The molecule has 0 bridgehead atoms. The van der Waals surface area contributed by atoms with E-state index in [9.17, 15) is 9.59 Å². The minimum atomic E-state index is -0.371. The zero-order valence-corrected chi connectivity index (χ0v) is 15.4. The van der Waals surface area contributed by atoms with E-state index in [0.29, 0.717) is 13.1 Å². The Morgan fingerprint density at radius 3 is 2.39 bits per heavy atom. The molecule has 2 heterocycles. The fraction of sp³-hybridized carbons (Fsp3) is 0.174. The largest absolute Gasteiger partial charge is 0.312 e. The maximum Gasteiger partial charge on any atom is 0.232 e. The summed E-state index contributed by atoms with van der Waals surface area (Å²) in [7, 11) is 0. The molecule has 4 rings (SSSR count). The van der Waals surface area contributed by atoms with Gasteiger partial charge in [0.05, 0.1) is 12.5 Å². The van der Waals surface area contributed by atoms with E-state index in [-0.39, 0.29) is 24.2 Å². The molecule has 5 heteroatoms. The van der Waals surface area contributed by atoms with Crippen LogP contribution in [0, 0.1) is 5.92 Å². The molecule has 1 aromatic heterocycles. The molecule has 1 aliphatic rings. The fourth-order valence-electron chi connectivity index (χ4n) is 3.53. The Labute approximate surface area is 164 Å². The van der Waals surface area contributed by atoms with Gasteiger partial charge in [-0.1, -0.05) is 42.5 Å². The number of aromatic nitrogens is 1. The van der Waals surface area contributed by atoms with Crippen molar-refractivity contribution < 1.29 is 9.59 Å². The Bertz CT molecular complexity index is 945. The Morgan fingerprint density at radius 1 is 1.00 bits per heavy atom. The lowest BCUT2D eigenvalue weighted by Gasteiger charge is -2.26. The van der Waals surface area contributed by atoms with Gasteiger partial charge in [0.2, 0.25) is 11.8 Å². The molecular formula is C23H21N3O2. The van der Waals surface area contributed by atoms with Crippen LogP contribution in [0.1, 0.15) is 12.0 Å². The molecule has 0 saturated carbocycles. The predicted octanol–water partition coefficient (Wildman–Crippen LogP) is 3.67. The highest BCUT2D eigenvalue weighted by molar-refractivity contribution is 6.04. The molecule has 140 valence electrons. The van der Waals surface area contributed by atoms with E-state index in [1.807, 2.05) is 72.8 Å². The van der Waals surface area contributed by atoms with E-state index in [1.54, 1.807) is 22.2 Å². The first-order valence-electron chi connectivity index (χ1n) is 9.33. The molecule has 1 atom stereocenters. The van der Waals surface area contributed by atoms with E-state index in [1.165, 1.54) is 0 Å². The summed E-state index contributed by atoms with van der Waals surface area (Å²) < 4.78 is 0. The second-order valence-corrected chi connectivity index (χ2v) is 6.86. The Morgan fingerprint density at radius 2 is 1.71 bits per heavy atom. The van der Waals surface area contributed by atoms with Crippen LogP contribution < -0.4 is 9.80 Å². The van der Waals surface area contributed by atoms with Crippen LogP contribution in [-0.2, 0) is 16.1 Å². The van der Waals surface area contributed by atoms with Gasteiger partial charge in [-0.3, -0.25) is 14.6 Å². The number of para-hydroxylation sites is 2. The van der Waals surface area contributed by atoms with Crippen molar-refractivity contribution in [2.75, 3.05) is 16.3 Å². The zero-order chi connectivity index (χ0) is 19.3. The van der Waals surface area contributed by atoms with Crippen LogP contribution in [0.5, 0.6) is 0 Å². The third-order valence-electron chi connectivity index (χ3n) is 4.94. The number of amides is 2. The number of anilines is 2. The van der Waals surface area contributed by atoms with E-state index in [0.717, 1.165) is 16.9 Å². The molecular weight excluding hydrogens is 350 g/mol. The van der Waals surface area contributed by atoms with E-state index >= 15 is 0 Å². The molecule has 3 aromatic rings. The van der Waals surface area contributed by atoms with Crippen molar-refractivity contribution in [3.63, 3.8) is 0 Å². The van der Waals surface area contributed by atoms with Gasteiger partial charge >= 0.3 is 0 Å². The van der Waals surface area contributed by atoms with Crippen molar-refractivity contribution in [3.8, 4) is 0 Å². The topological polar surface area (TPSA) is 53.5 Å². The fourth-order valence-corrected chi connectivity index (χ4v) is 3.53. The summed E-state index contributed by atoms with van der Waals surface area (Å²) in [4.78, 5) is 33.6. The van der Waals surface area contributed by atoms with Crippen molar-refractivity contribution in [1.29, 1.82) is 0 Å². The highest BCUT2D eigenvalue weighted by Gasteiger charge is 2.37. The normalized spacial score (nSPS) is 16.2. The van der Waals surface area contributed by atoms with Crippen molar-refractivity contribution in [1.82, 2.24) is 4.98 Å². The molecule has 5 nitrogen and oxygen atoms in total. The number of nitrogens with zero attached hydrogens (tertiary/aromatic N) is 3. The van der Waals surface area contributed by atoms with Crippen molar-refractivity contribution in [3.05, 3.63) is 90.8 Å². The quantitative estimate of drug-likeness (QED) is 0.688. The predicted molar refractivity (Wildman–Crippen MR) is 109 cm³/mol. The van der Waals surface area contributed by atoms with Crippen LogP contribution in [0.4, 0.5) is 11.4 Å². The van der Waals surface area contributed by atoms with Gasteiger partial charge < -0.3 is 9.80 Å². The summed E-state index contributed by atoms with van der Waals surface area (Å²) in [5.74, 6) is -0.426. The summed E-state index contributed by atoms with van der Waals surface area (Å²) >= 11 is 0. The first-order chi connectivity index (χ1) is 13.7. The molecule has 0 aliphatic carbocycles. The van der Waals surface area contributed by atoms with Crippen LogP contribution in [0.15, 0.2) is 85.2 Å². The first-order valence-corrected chi connectivity index (χ1v) is 9.33. The van der Waals surface area contributed by atoms with Gasteiger partial charge in [-0.2, -0.15) is 0 Å². The van der Waals surface area contributed by atoms with Gasteiger partial charge in [0.25, 0.3) is 0 Å². The van der Waals surface area contributed by atoms with Gasteiger partial charge in [0.15, 0.2) is 0 Å². The summed E-state index contributed by atoms with van der Waals surface area (Å²) in [5, 5.41) is 0. The maximum absolute atomic E-state index is 13.4. The molecule has 0 radical (unpaired) electrons. The SMILES string of the molecule is O=C1CC(C(=O)N(Cc2cccnc2)c2ccccc2)CN1c1ccccc1. The van der Waals surface area contributed by atoms with E-state index in [4.69, 9.17) is 0 Å². The molecule has 2 amide bonds. The number of carbonyl (C=O) groups is 2. The monoisotopic (exact) mass is 371 g/mol. The lowest BCUT2D eigenvalue weighted by molar-refractivity contribution is -0.124. The van der Waals surface area contributed by atoms with E-state index < -0.39 is 0 Å². The van der Waals surface area contributed by atoms with Gasteiger partial charge in [-0.25, -0.2) is 0 Å². The average molecular weight is 371 g/mol. The average Bonchev–Trinajstić information content (AvgIpc) is 3.15. The van der Waals surface area contributed by atoms with Crippen molar-refractivity contribution >= 4 is 23.2 Å². The third kappa shape index (κ3) is 3.78. The number of hydrogen-bond donors (Lipinski definition) is 0. The number of pyridine rings is 1. The van der Waals surface area contributed by atoms with E-state index in [2.05, 4.69) is 4.98 Å². The molecule has 1 saturated heterocycles. The number of carbonyl (C=O) groups excluding carboxylic acids is 2. The second kappa shape index (κ2) is 8.05. The molecule has 0 N–H and O–H groups in total. The van der Waals surface area contributed by atoms with Gasteiger partial charge in [-0.15, -0.1) is 0 Å². The van der Waals surface area contributed by atoms with Crippen LogP contribution in [0.3, 0.4) is 0 Å². The van der Waals surface area contributed by atoms with Gasteiger partial charge in [-0.05, 0) is 35.9 Å². The molecule has 1 fully saturated rings. The third-order valence-corrected chi connectivity index (χ3v) is 4.94. The molecule has 0 spiro atoms. The number of rotatable bonds is 5. The van der Waals surface area contributed by atoms with Crippen LogP contribution >= 0.6 is 0 Å². The highest BCUT2D eigenvalue weighted by atomic mass is 16.2. The molecule has 1 unspecified atom stereocenters. The van der Waals surface area contributed by atoms with Gasteiger partial charge in [0, 0.05) is 36.7 Å². The Hall–Kier alpha value is -3.47. The van der Waals surface area contributed by atoms with Crippen LogP contribution in [-0.4, -0.2) is 23.3 Å². The number of hydrogen-bond acceptors (Lipinski definition) is 3. The maximum atomic E-state index is 13.4. The molecule has 1 aliphatic heterocycles.